The van der Waals surface area contributed by atoms with Crippen molar-refractivity contribution < 1.29 is 4.79 Å². The molecule has 2 amide bonds. The van der Waals surface area contributed by atoms with Gasteiger partial charge in [0.1, 0.15) is 0 Å². The summed E-state index contributed by atoms with van der Waals surface area (Å²) >= 11 is 0. The minimum absolute atomic E-state index is 0.0697. The van der Waals surface area contributed by atoms with Gasteiger partial charge in [0.2, 0.25) is 0 Å². The third-order valence-electron chi connectivity index (χ3n) is 6.84. The first-order valence-electron chi connectivity index (χ1n) is 10.8. The van der Waals surface area contributed by atoms with E-state index in [1.165, 1.54) is 27.7 Å². The Hall–Kier alpha value is -2.01. The minimum Gasteiger partial charge on any atom is -0.358 e. The Kier molecular flexibility index (Phi) is 5.13. The van der Waals surface area contributed by atoms with Gasteiger partial charge in [0.25, 0.3) is 0 Å². The van der Waals surface area contributed by atoms with E-state index in [9.17, 15) is 4.79 Å². The zero-order valence-corrected chi connectivity index (χ0v) is 17.9. The highest BCUT2D eigenvalue weighted by molar-refractivity contribution is 5.90. The number of nitrogens with zero attached hydrogens (tertiary/aromatic N) is 2. The third kappa shape index (κ3) is 3.10. The number of likely N-dealkylation sites (N-methyl/N-ethyl adjacent to an activating group) is 1. The Labute approximate surface area is 168 Å². The van der Waals surface area contributed by atoms with E-state index in [0.29, 0.717) is 17.9 Å². The quantitative estimate of drug-likeness (QED) is 0.838. The van der Waals surface area contributed by atoms with Crippen molar-refractivity contribution in [2.24, 2.45) is 0 Å². The lowest BCUT2D eigenvalue weighted by Gasteiger charge is -2.46. The van der Waals surface area contributed by atoms with E-state index < -0.39 is 0 Å². The number of urea groups is 1. The molecule has 1 unspecified atom stereocenters. The molecule has 5 nitrogen and oxygen atoms in total. The van der Waals surface area contributed by atoms with Crippen LogP contribution in [0.5, 0.6) is 0 Å². The van der Waals surface area contributed by atoms with Crippen LogP contribution in [0.25, 0.3) is 10.9 Å². The Bertz CT molecular complexity index is 867. The number of rotatable bonds is 4. The van der Waals surface area contributed by atoms with Crippen LogP contribution in [0, 0.1) is 0 Å². The number of nitrogens with one attached hydrogen (secondary N) is 2. The van der Waals surface area contributed by atoms with Gasteiger partial charge in [-0.2, -0.15) is 0 Å². The molecule has 2 aliphatic rings. The zero-order valence-electron chi connectivity index (χ0n) is 17.9. The summed E-state index contributed by atoms with van der Waals surface area (Å²) in [6.07, 6.45) is 2.12. The van der Waals surface area contributed by atoms with Crippen molar-refractivity contribution >= 4 is 16.9 Å². The maximum atomic E-state index is 12.6. The van der Waals surface area contributed by atoms with Crippen LogP contribution in [0.4, 0.5) is 4.79 Å². The highest BCUT2D eigenvalue weighted by Crippen LogP contribution is 2.45. The normalized spacial score (nSPS) is 24.4. The molecule has 2 N–H and O–H groups in total. The predicted molar refractivity (Wildman–Crippen MR) is 115 cm³/mol. The Morgan fingerprint density at radius 2 is 2.07 bits per heavy atom. The highest BCUT2D eigenvalue weighted by Gasteiger charge is 2.41. The van der Waals surface area contributed by atoms with Crippen LogP contribution in [0.15, 0.2) is 18.2 Å². The van der Waals surface area contributed by atoms with Gasteiger partial charge < -0.3 is 20.1 Å². The second kappa shape index (κ2) is 7.43. The van der Waals surface area contributed by atoms with Gasteiger partial charge >= 0.3 is 6.03 Å². The van der Waals surface area contributed by atoms with Gasteiger partial charge in [0, 0.05) is 54.2 Å². The van der Waals surface area contributed by atoms with Crippen molar-refractivity contribution in [3.05, 3.63) is 35.0 Å². The van der Waals surface area contributed by atoms with E-state index >= 15 is 0 Å². The maximum absolute atomic E-state index is 12.6. The van der Waals surface area contributed by atoms with E-state index in [-0.39, 0.29) is 12.1 Å². The number of hydrogen-bond donors (Lipinski definition) is 2. The van der Waals surface area contributed by atoms with E-state index in [2.05, 4.69) is 54.3 Å². The van der Waals surface area contributed by atoms with E-state index in [1.54, 1.807) is 0 Å². The van der Waals surface area contributed by atoms with Crippen molar-refractivity contribution in [2.75, 3.05) is 26.7 Å². The monoisotopic (exact) mass is 382 g/mol. The average molecular weight is 383 g/mol. The first kappa shape index (κ1) is 19.3. The number of benzene rings is 1. The van der Waals surface area contributed by atoms with Crippen LogP contribution < -0.4 is 5.32 Å². The van der Waals surface area contributed by atoms with Crippen LogP contribution in [-0.4, -0.2) is 59.6 Å². The van der Waals surface area contributed by atoms with E-state index in [0.717, 1.165) is 32.5 Å². The summed E-state index contributed by atoms with van der Waals surface area (Å²) in [7, 11) is 2.22. The number of H-pyrrole nitrogens is 1. The summed E-state index contributed by atoms with van der Waals surface area (Å²) in [5.74, 6) is 0.967. The van der Waals surface area contributed by atoms with Gasteiger partial charge in [0.05, 0.1) is 0 Å². The number of likely N-dealkylation sites (tertiary alicyclic amines) is 1. The lowest BCUT2D eigenvalue weighted by Crippen LogP contribution is -2.56. The van der Waals surface area contributed by atoms with Crippen molar-refractivity contribution in [1.82, 2.24) is 20.1 Å². The van der Waals surface area contributed by atoms with E-state index in [1.807, 2.05) is 18.7 Å². The molecule has 2 heterocycles. The number of carbonyl (C=O) groups excluding carboxylic acids is 1. The van der Waals surface area contributed by atoms with Gasteiger partial charge in [-0.05, 0) is 56.8 Å². The van der Waals surface area contributed by atoms with Crippen LogP contribution in [0.2, 0.25) is 0 Å². The van der Waals surface area contributed by atoms with Crippen LogP contribution in [-0.2, 0) is 6.42 Å². The molecule has 1 saturated heterocycles. The average Bonchev–Trinajstić information content (AvgIpc) is 3.04. The number of amides is 2. The topological polar surface area (TPSA) is 51.4 Å². The van der Waals surface area contributed by atoms with Gasteiger partial charge in [0.15, 0.2) is 0 Å². The second-order valence-corrected chi connectivity index (χ2v) is 8.81. The SMILES string of the molecule is CCN(CC)C(=O)N[C@H]1CC2c3cccc4[nH]c(C(C)C)c(c34)C[C@H]2N(C)C1. The molecular formula is C23H34N4O. The van der Waals surface area contributed by atoms with Crippen LogP contribution >= 0.6 is 0 Å². The number of piperidine rings is 1. The van der Waals surface area contributed by atoms with Gasteiger partial charge in [-0.25, -0.2) is 4.79 Å². The maximum Gasteiger partial charge on any atom is 0.317 e. The molecule has 0 bridgehead atoms. The smallest absolute Gasteiger partial charge is 0.317 e. The number of carbonyl (C=O) groups is 1. The van der Waals surface area contributed by atoms with Crippen LogP contribution in [0.3, 0.4) is 0 Å². The zero-order chi connectivity index (χ0) is 20.0. The predicted octanol–water partition coefficient (Wildman–Crippen LogP) is 4.06. The molecule has 5 heteroatoms. The fourth-order valence-corrected chi connectivity index (χ4v) is 5.43. The lowest BCUT2D eigenvalue weighted by molar-refractivity contribution is 0.124. The van der Waals surface area contributed by atoms with Crippen molar-refractivity contribution in [3.63, 3.8) is 0 Å². The molecule has 0 spiro atoms. The Morgan fingerprint density at radius 3 is 2.75 bits per heavy atom. The number of aromatic amines is 1. The van der Waals surface area contributed by atoms with Crippen molar-refractivity contribution in [1.29, 1.82) is 0 Å². The highest BCUT2D eigenvalue weighted by atomic mass is 16.2. The summed E-state index contributed by atoms with van der Waals surface area (Å²) in [5.41, 5.74) is 5.64. The fraction of sp³-hybridized carbons (Fsp3) is 0.609. The third-order valence-corrected chi connectivity index (χ3v) is 6.84. The molecule has 3 atom stereocenters. The molecule has 1 aliphatic heterocycles. The summed E-state index contributed by atoms with van der Waals surface area (Å²) in [6, 6.07) is 7.47. The van der Waals surface area contributed by atoms with Crippen LogP contribution in [0.1, 0.15) is 62.8 Å². The molecule has 28 heavy (non-hydrogen) atoms. The number of aromatic nitrogens is 1. The summed E-state index contributed by atoms with van der Waals surface area (Å²) in [6.45, 7) is 11.0. The molecule has 2 aromatic rings. The molecule has 1 fully saturated rings. The first-order valence-corrected chi connectivity index (χ1v) is 10.8. The molecule has 1 aliphatic carbocycles. The summed E-state index contributed by atoms with van der Waals surface area (Å²) in [5, 5.41) is 4.74. The first-order chi connectivity index (χ1) is 13.4. The molecule has 0 saturated carbocycles. The number of hydrogen-bond acceptors (Lipinski definition) is 2. The molecule has 1 aromatic carbocycles. The van der Waals surface area contributed by atoms with Crippen molar-refractivity contribution in [3.8, 4) is 0 Å². The minimum atomic E-state index is 0.0697. The molecule has 1 aromatic heterocycles. The summed E-state index contributed by atoms with van der Waals surface area (Å²) < 4.78 is 0. The largest absolute Gasteiger partial charge is 0.358 e. The second-order valence-electron chi connectivity index (χ2n) is 8.81. The van der Waals surface area contributed by atoms with Gasteiger partial charge in [-0.3, -0.25) is 0 Å². The molecule has 152 valence electrons. The molecule has 4 rings (SSSR count). The molecular weight excluding hydrogens is 348 g/mol. The molecule has 0 radical (unpaired) electrons. The Balaban J connectivity index is 1.66. The lowest BCUT2D eigenvalue weighted by atomic mass is 9.73. The van der Waals surface area contributed by atoms with Gasteiger partial charge in [-0.15, -0.1) is 0 Å². The summed E-state index contributed by atoms with van der Waals surface area (Å²) in [4.78, 5) is 20.6. The van der Waals surface area contributed by atoms with E-state index in [4.69, 9.17) is 0 Å². The standard InChI is InChI=1S/C23H34N4O/c1-6-27(7-2)23(28)24-15-11-17-16-9-8-10-19-21(16)18(22(25-19)14(3)4)12-20(17)26(5)13-15/h8-10,14-15,17,20,25H,6-7,11-13H2,1-5H3,(H,24,28)/t15-,17?,20+/m0/s1. The van der Waals surface area contributed by atoms with Gasteiger partial charge in [-0.1, -0.05) is 26.0 Å². The number of fused-ring (bicyclic) bond motifs is 2. The van der Waals surface area contributed by atoms with Crippen molar-refractivity contribution in [2.45, 2.75) is 64.5 Å². The fourth-order valence-electron chi connectivity index (χ4n) is 5.43. The Morgan fingerprint density at radius 1 is 1.32 bits per heavy atom.